The predicted octanol–water partition coefficient (Wildman–Crippen LogP) is 1.59. The van der Waals surface area contributed by atoms with E-state index in [4.69, 9.17) is 0 Å². The summed E-state index contributed by atoms with van der Waals surface area (Å²) in [5.74, 6) is -0.934. The number of carbonyl (C=O) groups is 2. The second-order valence-corrected chi connectivity index (χ2v) is 4.60. The molecule has 0 atom stereocenters. The zero-order valence-corrected chi connectivity index (χ0v) is 10.0. The molecule has 0 saturated heterocycles. The lowest BCUT2D eigenvalue weighted by Gasteiger charge is -2.33. The number of carbonyl (C=O) groups excluding carboxylic acids is 1. The highest BCUT2D eigenvalue weighted by Gasteiger charge is 2.39. The van der Waals surface area contributed by atoms with Gasteiger partial charge in [0.25, 0.3) is 6.43 Å². The fraction of sp³-hybridized carbons (Fsp3) is 0.818. The summed E-state index contributed by atoms with van der Waals surface area (Å²) < 4.78 is 23.7. The van der Waals surface area contributed by atoms with E-state index in [1.165, 1.54) is 0 Å². The Morgan fingerprint density at radius 3 is 2.28 bits per heavy atom. The van der Waals surface area contributed by atoms with E-state index in [0.717, 1.165) is 19.3 Å². The number of alkyl halides is 2. The van der Waals surface area contributed by atoms with Gasteiger partial charge in [-0.3, -0.25) is 4.79 Å². The number of carboxylic acids is 1. The van der Waals surface area contributed by atoms with Gasteiger partial charge in [0, 0.05) is 6.54 Å². The molecule has 1 fully saturated rings. The first-order valence-corrected chi connectivity index (χ1v) is 5.99. The van der Waals surface area contributed by atoms with Crippen molar-refractivity contribution in [2.75, 3.05) is 13.1 Å². The molecule has 0 aromatic carbocycles. The fourth-order valence-electron chi connectivity index (χ4n) is 2.18. The summed E-state index contributed by atoms with van der Waals surface area (Å²) in [4.78, 5) is 22.5. The van der Waals surface area contributed by atoms with Crippen LogP contribution in [0.25, 0.3) is 0 Å². The van der Waals surface area contributed by atoms with Gasteiger partial charge in [-0.1, -0.05) is 19.3 Å². The summed E-state index contributed by atoms with van der Waals surface area (Å²) in [6, 6.07) is -0.749. The first-order chi connectivity index (χ1) is 8.46. The summed E-state index contributed by atoms with van der Waals surface area (Å²) in [7, 11) is 0. The normalized spacial score (nSPS) is 18.4. The molecule has 0 aromatic heterocycles. The van der Waals surface area contributed by atoms with Crippen LogP contribution < -0.4 is 10.6 Å². The molecule has 0 radical (unpaired) electrons. The zero-order valence-electron chi connectivity index (χ0n) is 10.0. The summed E-state index contributed by atoms with van der Waals surface area (Å²) >= 11 is 0. The van der Waals surface area contributed by atoms with Crippen LogP contribution in [-0.4, -0.2) is 36.6 Å². The van der Waals surface area contributed by atoms with E-state index in [1.54, 1.807) is 0 Å². The molecule has 0 aliphatic heterocycles. The van der Waals surface area contributed by atoms with Crippen molar-refractivity contribution in [2.45, 2.75) is 38.5 Å². The van der Waals surface area contributed by atoms with Crippen molar-refractivity contribution in [3.05, 3.63) is 0 Å². The van der Waals surface area contributed by atoms with Gasteiger partial charge in [0.2, 0.25) is 0 Å². The van der Waals surface area contributed by atoms with E-state index in [9.17, 15) is 23.5 Å². The van der Waals surface area contributed by atoms with Gasteiger partial charge >= 0.3 is 12.0 Å². The molecule has 5 nitrogen and oxygen atoms in total. The van der Waals surface area contributed by atoms with Gasteiger partial charge in [-0.15, -0.1) is 0 Å². The molecule has 3 N–H and O–H groups in total. The number of urea groups is 1. The summed E-state index contributed by atoms with van der Waals surface area (Å²) in [6.07, 6.45) is 1.03. The van der Waals surface area contributed by atoms with Crippen molar-refractivity contribution in [1.29, 1.82) is 0 Å². The second-order valence-electron chi connectivity index (χ2n) is 4.60. The SMILES string of the molecule is O=C(NCC(F)F)NCC1(C(=O)O)CCCCC1. The average Bonchev–Trinajstić information content (AvgIpc) is 2.34. The third-order valence-electron chi connectivity index (χ3n) is 3.27. The zero-order chi connectivity index (χ0) is 13.6. The van der Waals surface area contributed by atoms with Crippen molar-refractivity contribution in [3.63, 3.8) is 0 Å². The number of aliphatic carboxylic acids is 1. The van der Waals surface area contributed by atoms with Gasteiger partial charge in [-0.2, -0.15) is 0 Å². The second kappa shape index (κ2) is 6.51. The minimum Gasteiger partial charge on any atom is -0.481 e. The standard InChI is InChI=1S/C11H18F2N2O3/c12-8(13)6-14-10(18)15-7-11(9(16)17)4-2-1-3-5-11/h8H,1-7H2,(H,16,17)(H2,14,15,18). The summed E-state index contributed by atoms with van der Waals surface area (Å²) in [5.41, 5.74) is -0.944. The molecular formula is C11H18F2N2O3. The number of hydrogen-bond donors (Lipinski definition) is 3. The van der Waals surface area contributed by atoms with Gasteiger partial charge in [-0.25, -0.2) is 13.6 Å². The Morgan fingerprint density at radius 1 is 1.17 bits per heavy atom. The highest BCUT2D eigenvalue weighted by molar-refractivity contribution is 5.78. The van der Waals surface area contributed by atoms with Crippen LogP contribution in [0.1, 0.15) is 32.1 Å². The van der Waals surface area contributed by atoms with E-state index in [-0.39, 0.29) is 6.54 Å². The van der Waals surface area contributed by atoms with E-state index >= 15 is 0 Å². The number of rotatable bonds is 5. The fourth-order valence-corrected chi connectivity index (χ4v) is 2.18. The van der Waals surface area contributed by atoms with Gasteiger partial charge in [0.15, 0.2) is 0 Å². The van der Waals surface area contributed by atoms with Crippen molar-refractivity contribution < 1.29 is 23.5 Å². The molecule has 0 heterocycles. The molecule has 1 saturated carbocycles. The molecule has 0 aromatic rings. The first-order valence-electron chi connectivity index (χ1n) is 5.99. The van der Waals surface area contributed by atoms with Gasteiger partial charge in [0.1, 0.15) is 0 Å². The van der Waals surface area contributed by atoms with E-state index < -0.39 is 30.4 Å². The highest BCUT2D eigenvalue weighted by Crippen LogP contribution is 2.35. The van der Waals surface area contributed by atoms with E-state index in [2.05, 4.69) is 5.32 Å². The van der Waals surface area contributed by atoms with Crippen LogP contribution >= 0.6 is 0 Å². The Bertz CT molecular complexity index is 305. The van der Waals surface area contributed by atoms with E-state index in [0.29, 0.717) is 12.8 Å². The molecule has 2 amide bonds. The van der Waals surface area contributed by atoms with E-state index in [1.807, 2.05) is 5.32 Å². The Labute approximate surface area is 104 Å². The van der Waals surface area contributed by atoms with Gasteiger partial charge in [-0.05, 0) is 12.8 Å². The maximum Gasteiger partial charge on any atom is 0.315 e. The maximum atomic E-state index is 11.9. The quantitative estimate of drug-likeness (QED) is 0.705. The molecule has 1 aliphatic carbocycles. The van der Waals surface area contributed by atoms with Crippen molar-refractivity contribution in [1.82, 2.24) is 10.6 Å². The van der Waals surface area contributed by atoms with Crippen LogP contribution in [0.15, 0.2) is 0 Å². The average molecular weight is 264 g/mol. The molecule has 7 heteroatoms. The molecule has 104 valence electrons. The van der Waals surface area contributed by atoms with Crippen LogP contribution in [0.3, 0.4) is 0 Å². The monoisotopic (exact) mass is 264 g/mol. The maximum absolute atomic E-state index is 11.9. The topological polar surface area (TPSA) is 78.4 Å². The first kappa shape index (κ1) is 14.7. The smallest absolute Gasteiger partial charge is 0.315 e. The molecule has 1 rings (SSSR count). The third kappa shape index (κ3) is 4.12. The molecule has 0 bridgehead atoms. The van der Waals surface area contributed by atoms with Gasteiger partial charge in [0.05, 0.1) is 12.0 Å². The minimum absolute atomic E-state index is 0.0165. The van der Waals surface area contributed by atoms with Crippen molar-refractivity contribution >= 4 is 12.0 Å². The lowest BCUT2D eigenvalue weighted by atomic mass is 9.74. The lowest BCUT2D eigenvalue weighted by Crippen LogP contribution is -2.47. The largest absolute Gasteiger partial charge is 0.481 e. The minimum atomic E-state index is -2.61. The van der Waals surface area contributed by atoms with Crippen LogP contribution in [0.4, 0.5) is 13.6 Å². The van der Waals surface area contributed by atoms with Gasteiger partial charge < -0.3 is 15.7 Å². The van der Waals surface area contributed by atoms with Crippen LogP contribution in [0.5, 0.6) is 0 Å². The summed E-state index contributed by atoms with van der Waals surface area (Å²) in [6.45, 7) is -0.747. The molecule has 1 aliphatic rings. The molecule has 0 spiro atoms. The third-order valence-corrected chi connectivity index (χ3v) is 3.27. The number of amides is 2. The molecule has 0 unspecified atom stereocenters. The number of carboxylic acid groups (broad SMARTS) is 1. The highest BCUT2D eigenvalue weighted by atomic mass is 19.3. The number of hydrogen-bond acceptors (Lipinski definition) is 2. The number of nitrogens with one attached hydrogen (secondary N) is 2. The van der Waals surface area contributed by atoms with Crippen LogP contribution in [0.2, 0.25) is 0 Å². The Kier molecular flexibility index (Phi) is 5.30. The number of halogens is 2. The molecular weight excluding hydrogens is 246 g/mol. The van der Waals surface area contributed by atoms with Crippen molar-refractivity contribution in [3.8, 4) is 0 Å². The Balaban J connectivity index is 2.42. The summed E-state index contributed by atoms with van der Waals surface area (Å²) in [5, 5.41) is 13.6. The Hall–Kier alpha value is -1.40. The predicted molar refractivity (Wildman–Crippen MR) is 60.6 cm³/mol. The van der Waals surface area contributed by atoms with Crippen LogP contribution in [0, 0.1) is 5.41 Å². The molecule has 18 heavy (non-hydrogen) atoms. The van der Waals surface area contributed by atoms with Crippen LogP contribution in [-0.2, 0) is 4.79 Å². The Morgan fingerprint density at radius 2 is 1.78 bits per heavy atom. The van der Waals surface area contributed by atoms with Crippen molar-refractivity contribution in [2.24, 2.45) is 5.41 Å². The lowest BCUT2D eigenvalue weighted by molar-refractivity contribution is -0.150.